The number of fused-ring (bicyclic) bond motifs is 1. The second-order valence-corrected chi connectivity index (χ2v) is 6.76. The van der Waals surface area contributed by atoms with Crippen molar-refractivity contribution in [1.29, 1.82) is 0 Å². The van der Waals surface area contributed by atoms with Crippen LogP contribution in [0.25, 0.3) is 10.9 Å². The second-order valence-electron chi connectivity index (χ2n) is 6.76. The minimum atomic E-state index is -0.0636. The Balaban J connectivity index is 1.52. The first-order chi connectivity index (χ1) is 14.2. The van der Waals surface area contributed by atoms with E-state index in [0.717, 1.165) is 39.9 Å². The van der Waals surface area contributed by atoms with Gasteiger partial charge in [0.05, 0.1) is 19.2 Å². The molecule has 29 heavy (non-hydrogen) atoms. The maximum atomic E-state index is 12.4. The SMILES string of the molecule is COc1ccc2c(OCCc3c(Cc4ccccc4)cc[nH]c3=O)ccnc2c1. The van der Waals surface area contributed by atoms with Crippen LogP contribution in [0.3, 0.4) is 0 Å². The first kappa shape index (κ1) is 18.7. The van der Waals surface area contributed by atoms with Crippen molar-refractivity contribution >= 4 is 10.9 Å². The highest BCUT2D eigenvalue weighted by atomic mass is 16.5. The topological polar surface area (TPSA) is 64.2 Å². The van der Waals surface area contributed by atoms with Crippen molar-refractivity contribution in [3.8, 4) is 11.5 Å². The Bertz CT molecular complexity index is 1170. The quantitative estimate of drug-likeness (QED) is 0.518. The highest BCUT2D eigenvalue weighted by Crippen LogP contribution is 2.27. The Morgan fingerprint density at radius 1 is 1.03 bits per heavy atom. The van der Waals surface area contributed by atoms with E-state index in [-0.39, 0.29) is 5.56 Å². The summed E-state index contributed by atoms with van der Waals surface area (Å²) in [5, 5.41) is 0.916. The summed E-state index contributed by atoms with van der Waals surface area (Å²) in [4.78, 5) is 19.6. The molecule has 0 fully saturated rings. The van der Waals surface area contributed by atoms with E-state index in [4.69, 9.17) is 9.47 Å². The highest BCUT2D eigenvalue weighted by molar-refractivity contribution is 5.85. The largest absolute Gasteiger partial charge is 0.497 e. The van der Waals surface area contributed by atoms with Crippen LogP contribution in [0.15, 0.2) is 77.9 Å². The molecule has 0 aliphatic carbocycles. The number of rotatable bonds is 7. The van der Waals surface area contributed by atoms with Crippen molar-refractivity contribution in [1.82, 2.24) is 9.97 Å². The average molecular weight is 386 g/mol. The van der Waals surface area contributed by atoms with Gasteiger partial charge in [0.25, 0.3) is 5.56 Å². The fourth-order valence-electron chi connectivity index (χ4n) is 3.42. The number of ether oxygens (including phenoxy) is 2. The molecule has 0 saturated carbocycles. The number of nitrogens with one attached hydrogen (secondary N) is 1. The molecule has 146 valence electrons. The van der Waals surface area contributed by atoms with Crippen LogP contribution in [0.5, 0.6) is 11.5 Å². The van der Waals surface area contributed by atoms with Gasteiger partial charge in [0.1, 0.15) is 11.5 Å². The summed E-state index contributed by atoms with van der Waals surface area (Å²) in [5.74, 6) is 1.50. The number of nitrogens with zero attached hydrogens (tertiary/aromatic N) is 1. The Hall–Kier alpha value is -3.60. The molecule has 5 heteroatoms. The van der Waals surface area contributed by atoms with E-state index < -0.39 is 0 Å². The monoisotopic (exact) mass is 386 g/mol. The number of hydrogen-bond donors (Lipinski definition) is 1. The van der Waals surface area contributed by atoms with Crippen molar-refractivity contribution in [3.63, 3.8) is 0 Å². The van der Waals surface area contributed by atoms with Gasteiger partial charge in [0, 0.05) is 35.8 Å². The molecule has 0 bridgehead atoms. The van der Waals surface area contributed by atoms with Gasteiger partial charge >= 0.3 is 0 Å². The molecule has 0 aliphatic heterocycles. The minimum Gasteiger partial charge on any atom is -0.497 e. The Kier molecular flexibility index (Phi) is 5.56. The van der Waals surface area contributed by atoms with Gasteiger partial charge in [-0.2, -0.15) is 0 Å². The van der Waals surface area contributed by atoms with E-state index >= 15 is 0 Å². The molecule has 0 spiro atoms. The van der Waals surface area contributed by atoms with Crippen molar-refractivity contribution in [2.45, 2.75) is 12.8 Å². The fourth-order valence-corrected chi connectivity index (χ4v) is 3.42. The summed E-state index contributed by atoms with van der Waals surface area (Å²) in [6.45, 7) is 0.403. The minimum absolute atomic E-state index is 0.0636. The number of pyridine rings is 2. The molecular weight excluding hydrogens is 364 g/mol. The third kappa shape index (κ3) is 4.29. The lowest BCUT2D eigenvalue weighted by molar-refractivity contribution is 0.324. The number of hydrogen-bond acceptors (Lipinski definition) is 4. The predicted molar refractivity (Wildman–Crippen MR) is 114 cm³/mol. The van der Waals surface area contributed by atoms with Crippen molar-refractivity contribution < 1.29 is 9.47 Å². The summed E-state index contributed by atoms with van der Waals surface area (Å²) in [6.07, 6.45) is 4.67. The second kappa shape index (κ2) is 8.61. The third-order valence-corrected chi connectivity index (χ3v) is 4.92. The third-order valence-electron chi connectivity index (χ3n) is 4.92. The Morgan fingerprint density at radius 3 is 2.72 bits per heavy atom. The van der Waals surface area contributed by atoms with Crippen LogP contribution in [0, 0.1) is 0 Å². The Morgan fingerprint density at radius 2 is 1.90 bits per heavy atom. The lowest BCUT2D eigenvalue weighted by Crippen LogP contribution is -2.18. The maximum Gasteiger partial charge on any atom is 0.251 e. The standard InChI is InChI=1S/C24H22N2O3/c1-28-19-7-8-21-22(16-19)25-13-10-23(21)29-14-11-20-18(9-12-26-24(20)27)15-17-5-3-2-4-6-17/h2-10,12-13,16H,11,14-15H2,1H3,(H,26,27). The highest BCUT2D eigenvalue weighted by Gasteiger charge is 2.10. The van der Waals surface area contributed by atoms with Crippen LogP contribution in [0.2, 0.25) is 0 Å². The van der Waals surface area contributed by atoms with Gasteiger partial charge < -0.3 is 14.5 Å². The molecule has 0 saturated heterocycles. The van der Waals surface area contributed by atoms with Crippen LogP contribution in [-0.2, 0) is 12.8 Å². The zero-order chi connectivity index (χ0) is 20.1. The maximum absolute atomic E-state index is 12.4. The molecule has 0 unspecified atom stereocenters. The van der Waals surface area contributed by atoms with Crippen LogP contribution in [0.4, 0.5) is 0 Å². The molecule has 0 atom stereocenters. The molecule has 2 aromatic heterocycles. The Labute approximate surface area is 169 Å². The molecule has 5 nitrogen and oxygen atoms in total. The molecule has 4 aromatic rings. The number of aromatic amines is 1. The van der Waals surface area contributed by atoms with Crippen molar-refractivity contribution in [3.05, 3.63) is 100 Å². The summed E-state index contributed by atoms with van der Waals surface area (Å²) in [6, 6.07) is 19.7. The van der Waals surface area contributed by atoms with Gasteiger partial charge in [0.15, 0.2) is 0 Å². The average Bonchev–Trinajstić information content (AvgIpc) is 2.76. The predicted octanol–water partition coefficient (Wildman–Crippen LogP) is 4.14. The van der Waals surface area contributed by atoms with Crippen LogP contribution in [-0.4, -0.2) is 23.7 Å². The zero-order valence-electron chi connectivity index (χ0n) is 16.2. The zero-order valence-corrected chi connectivity index (χ0v) is 16.2. The van der Waals surface area contributed by atoms with Gasteiger partial charge in [-0.25, -0.2) is 0 Å². The van der Waals surface area contributed by atoms with E-state index in [0.29, 0.717) is 13.0 Å². The molecular formula is C24H22N2O3. The summed E-state index contributed by atoms with van der Waals surface area (Å²) >= 11 is 0. The number of aromatic nitrogens is 2. The smallest absolute Gasteiger partial charge is 0.251 e. The molecule has 0 radical (unpaired) electrons. The van der Waals surface area contributed by atoms with Crippen molar-refractivity contribution in [2.24, 2.45) is 0 Å². The first-order valence-electron chi connectivity index (χ1n) is 9.53. The van der Waals surface area contributed by atoms with Crippen LogP contribution < -0.4 is 15.0 Å². The summed E-state index contributed by atoms with van der Waals surface area (Å²) in [7, 11) is 1.63. The fraction of sp³-hybridized carbons (Fsp3) is 0.167. The summed E-state index contributed by atoms with van der Waals surface area (Å²) in [5.41, 5.74) is 3.70. The van der Waals surface area contributed by atoms with Gasteiger partial charge in [-0.1, -0.05) is 30.3 Å². The lowest BCUT2D eigenvalue weighted by atomic mass is 10.00. The molecule has 1 N–H and O–H groups in total. The van der Waals surface area contributed by atoms with E-state index in [9.17, 15) is 4.79 Å². The normalized spacial score (nSPS) is 10.8. The van der Waals surface area contributed by atoms with E-state index in [1.54, 1.807) is 19.5 Å². The first-order valence-corrected chi connectivity index (χ1v) is 9.53. The number of benzene rings is 2. The van der Waals surface area contributed by atoms with E-state index in [1.165, 1.54) is 5.56 Å². The summed E-state index contributed by atoms with van der Waals surface area (Å²) < 4.78 is 11.3. The molecule has 2 aromatic carbocycles. The van der Waals surface area contributed by atoms with Gasteiger partial charge in [-0.15, -0.1) is 0 Å². The molecule has 0 amide bonds. The van der Waals surface area contributed by atoms with Gasteiger partial charge in [-0.3, -0.25) is 9.78 Å². The van der Waals surface area contributed by atoms with E-state index in [1.807, 2.05) is 48.5 Å². The molecule has 4 rings (SSSR count). The van der Waals surface area contributed by atoms with Crippen LogP contribution in [0.1, 0.15) is 16.7 Å². The molecule has 2 heterocycles. The van der Waals surface area contributed by atoms with E-state index in [2.05, 4.69) is 22.1 Å². The lowest BCUT2D eigenvalue weighted by Gasteiger charge is -2.12. The number of H-pyrrole nitrogens is 1. The molecule has 0 aliphatic rings. The van der Waals surface area contributed by atoms with Gasteiger partial charge in [0.2, 0.25) is 0 Å². The van der Waals surface area contributed by atoms with Gasteiger partial charge in [-0.05, 0) is 41.8 Å². The van der Waals surface area contributed by atoms with Crippen LogP contribution >= 0.6 is 0 Å². The number of methoxy groups -OCH3 is 1. The van der Waals surface area contributed by atoms with Crippen molar-refractivity contribution in [2.75, 3.05) is 13.7 Å².